The molecule has 0 saturated carbocycles. The lowest BCUT2D eigenvalue weighted by Crippen LogP contribution is -2.32. The lowest BCUT2D eigenvalue weighted by molar-refractivity contribution is -0.131. The minimum Gasteiger partial charge on any atom is -0.486 e. The van der Waals surface area contributed by atoms with Gasteiger partial charge in [-0.05, 0) is 48.2 Å². The topological polar surface area (TPSA) is 38.8 Å². The van der Waals surface area contributed by atoms with Gasteiger partial charge in [0, 0.05) is 6.54 Å². The zero-order valence-electron chi connectivity index (χ0n) is 14.2. The predicted octanol–water partition coefficient (Wildman–Crippen LogP) is 4.67. The number of nitrogens with zero attached hydrogens (tertiary/aromatic N) is 1. The lowest BCUT2D eigenvalue weighted by Gasteiger charge is -2.27. The second kappa shape index (κ2) is 7.37. The third-order valence-corrected chi connectivity index (χ3v) is 5.60. The normalized spacial score (nSPS) is 18.8. The van der Waals surface area contributed by atoms with Gasteiger partial charge in [0.1, 0.15) is 13.2 Å². The molecule has 2 aromatic rings. The van der Waals surface area contributed by atoms with Crippen LogP contribution in [0.3, 0.4) is 0 Å². The van der Waals surface area contributed by atoms with Gasteiger partial charge in [-0.1, -0.05) is 35.3 Å². The smallest absolute Gasteiger partial charge is 0.227 e. The maximum absolute atomic E-state index is 12.9. The van der Waals surface area contributed by atoms with Crippen molar-refractivity contribution < 1.29 is 14.3 Å². The molecule has 1 fully saturated rings. The van der Waals surface area contributed by atoms with Crippen LogP contribution in [0.25, 0.3) is 0 Å². The van der Waals surface area contributed by atoms with Crippen molar-refractivity contribution in [3.63, 3.8) is 0 Å². The Balaban J connectivity index is 1.52. The van der Waals surface area contributed by atoms with Crippen molar-refractivity contribution in [3.05, 3.63) is 57.6 Å². The maximum Gasteiger partial charge on any atom is 0.227 e. The molecular weight excluding hydrogens is 373 g/mol. The van der Waals surface area contributed by atoms with Crippen molar-refractivity contribution in [1.29, 1.82) is 0 Å². The summed E-state index contributed by atoms with van der Waals surface area (Å²) in [7, 11) is 0. The zero-order valence-corrected chi connectivity index (χ0v) is 15.7. The molecule has 0 spiro atoms. The number of ether oxygens (including phenoxy) is 2. The summed E-state index contributed by atoms with van der Waals surface area (Å²) < 4.78 is 11.3. The fourth-order valence-electron chi connectivity index (χ4n) is 3.60. The molecule has 0 radical (unpaired) electrons. The molecule has 4 nitrogen and oxygen atoms in total. The van der Waals surface area contributed by atoms with E-state index < -0.39 is 0 Å². The molecule has 0 N–H and O–H groups in total. The number of halogens is 2. The molecule has 4 rings (SSSR count). The Morgan fingerprint density at radius 1 is 1.04 bits per heavy atom. The van der Waals surface area contributed by atoms with Crippen LogP contribution in [0.4, 0.5) is 0 Å². The third-order valence-electron chi connectivity index (χ3n) is 4.86. The van der Waals surface area contributed by atoms with Crippen LogP contribution in [0, 0.1) is 0 Å². The molecule has 136 valence electrons. The van der Waals surface area contributed by atoms with E-state index in [4.69, 9.17) is 32.7 Å². The highest BCUT2D eigenvalue weighted by atomic mass is 35.5. The van der Waals surface area contributed by atoms with Crippen molar-refractivity contribution in [2.24, 2.45) is 0 Å². The Kier molecular flexibility index (Phi) is 4.96. The number of carbonyl (C=O) groups is 1. The van der Waals surface area contributed by atoms with Crippen molar-refractivity contribution in [2.75, 3.05) is 19.8 Å². The van der Waals surface area contributed by atoms with E-state index >= 15 is 0 Å². The summed E-state index contributed by atoms with van der Waals surface area (Å²) in [6, 6.07) is 11.4. The van der Waals surface area contributed by atoms with Gasteiger partial charge in [-0.25, -0.2) is 0 Å². The Morgan fingerprint density at radius 3 is 2.65 bits per heavy atom. The second-order valence-electron chi connectivity index (χ2n) is 6.57. The van der Waals surface area contributed by atoms with Crippen LogP contribution in [-0.2, 0) is 11.2 Å². The number of carbonyl (C=O) groups excluding carboxylic acids is 1. The van der Waals surface area contributed by atoms with E-state index in [2.05, 4.69) is 0 Å². The third kappa shape index (κ3) is 3.49. The molecule has 0 aliphatic carbocycles. The molecule has 1 atom stereocenters. The summed E-state index contributed by atoms with van der Waals surface area (Å²) in [5.41, 5.74) is 1.96. The molecule has 1 saturated heterocycles. The van der Waals surface area contributed by atoms with Gasteiger partial charge in [-0.2, -0.15) is 0 Å². The lowest BCUT2D eigenvalue weighted by atomic mass is 10.0. The van der Waals surface area contributed by atoms with Gasteiger partial charge >= 0.3 is 0 Å². The molecule has 6 heteroatoms. The molecule has 2 aliphatic rings. The minimum atomic E-state index is 0.0705. The Labute approximate surface area is 162 Å². The van der Waals surface area contributed by atoms with Crippen LogP contribution >= 0.6 is 23.2 Å². The standard InChI is InChI=1S/C20H19Cl2NO3/c21-15-5-3-13(10-16(15)22)11-20(24)23-7-1-2-17(23)14-4-6-18-19(12-14)26-9-8-25-18/h3-6,10,12,17H,1-2,7-9,11H2. The van der Waals surface area contributed by atoms with Gasteiger partial charge < -0.3 is 14.4 Å². The summed E-state index contributed by atoms with van der Waals surface area (Å²) in [5, 5.41) is 0.972. The summed E-state index contributed by atoms with van der Waals surface area (Å²) in [6.07, 6.45) is 2.26. The SMILES string of the molecule is O=C(Cc1ccc(Cl)c(Cl)c1)N1CCCC1c1ccc2c(c1)OCCO2. The molecule has 26 heavy (non-hydrogen) atoms. The first kappa shape index (κ1) is 17.5. The molecule has 2 aliphatic heterocycles. The maximum atomic E-state index is 12.9. The zero-order chi connectivity index (χ0) is 18.1. The largest absolute Gasteiger partial charge is 0.486 e. The Bertz CT molecular complexity index is 840. The summed E-state index contributed by atoms with van der Waals surface area (Å²) >= 11 is 12.0. The molecule has 2 heterocycles. The number of hydrogen-bond acceptors (Lipinski definition) is 3. The molecular formula is C20H19Cl2NO3. The first-order valence-corrected chi connectivity index (χ1v) is 9.50. The van der Waals surface area contributed by atoms with Crippen LogP contribution in [0.5, 0.6) is 11.5 Å². The van der Waals surface area contributed by atoms with E-state index in [0.29, 0.717) is 29.7 Å². The van der Waals surface area contributed by atoms with Gasteiger partial charge in [0.25, 0.3) is 0 Å². The van der Waals surface area contributed by atoms with Crippen molar-refractivity contribution in [3.8, 4) is 11.5 Å². The average Bonchev–Trinajstić information content (AvgIpc) is 3.14. The summed E-state index contributed by atoms with van der Waals surface area (Å²) in [4.78, 5) is 14.8. The van der Waals surface area contributed by atoms with E-state index in [-0.39, 0.29) is 11.9 Å². The van der Waals surface area contributed by atoms with E-state index in [1.807, 2.05) is 29.2 Å². The summed E-state index contributed by atoms with van der Waals surface area (Å²) in [5.74, 6) is 1.63. The van der Waals surface area contributed by atoms with Crippen molar-refractivity contribution in [1.82, 2.24) is 4.90 Å². The summed E-state index contributed by atoms with van der Waals surface area (Å²) in [6.45, 7) is 1.89. The number of likely N-dealkylation sites (tertiary alicyclic amines) is 1. The number of benzene rings is 2. The van der Waals surface area contributed by atoms with Crippen LogP contribution in [0.2, 0.25) is 10.0 Å². The molecule has 0 aromatic heterocycles. The predicted molar refractivity (Wildman–Crippen MR) is 101 cm³/mol. The highest BCUT2D eigenvalue weighted by Gasteiger charge is 2.30. The van der Waals surface area contributed by atoms with E-state index in [1.54, 1.807) is 12.1 Å². The van der Waals surface area contributed by atoms with Gasteiger partial charge in [0.2, 0.25) is 5.91 Å². The average molecular weight is 392 g/mol. The van der Waals surface area contributed by atoms with Crippen LogP contribution < -0.4 is 9.47 Å². The number of hydrogen-bond donors (Lipinski definition) is 0. The van der Waals surface area contributed by atoms with Crippen LogP contribution in [0.15, 0.2) is 36.4 Å². The monoisotopic (exact) mass is 391 g/mol. The number of fused-ring (bicyclic) bond motifs is 1. The number of rotatable bonds is 3. The fourth-order valence-corrected chi connectivity index (χ4v) is 3.93. The Hall–Kier alpha value is -1.91. The van der Waals surface area contributed by atoms with Gasteiger partial charge in [-0.15, -0.1) is 0 Å². The Morgan fingerprint density at radius 2 is 1.85 bits per heavy atom. The van der Waals surface area contributed by atoms with Gasteiger partial charge in [0.15, 0.2) is 11.5 Å². The van der Waals surface area contributed by atoms with Gasteiger partial charge in [-0.3, -0.25) is 4.79 Å². The molecule has 1 unspecified atom stereocenters. The molecule has 0 bridgehead atoms. The van der Waals surface area contributed by atoms with Crippen LogP contribution in [0.1, 0.15) is 30.0 Å². The van der Waals surface area contributed by atoms with Crippen molar-refractivity contribution in [2.45, 2.75) is 25.3 Å². The quantitative estimate of drug-likeness (QED) is 0.762. The number of amides is 1. The highest BCUT2D eigenvalue weighted by molar-refractivity contribution is 6.42. The molecule has 1 amide bonds. The van der Waals surface area contributed by atoms with E-state index in [9.17, 15) is 4.79 Å². The fraction of sp³-hybridized carbons (Fsp3) is 0.350. The highest BCUT2D eigenvalue weighted by Crippen LogP contribution is 2.38. The first-order valence-electron chi connectivity index (χ1n) is 8.75. The van der Waals surface area contributed by atoms with E-state index in [1.165, 1.54) is 0 Å². The minimum absolute atomic E-state index is 0.0705. The van der Waals surface area contributed by atoms with Crippen LogP contribution in [-0.4, -0.2) is 30.6 Å². The van der Waals surface area contributed by atoms with E-state index in [0.717, 1.165) is 42.0 Å². The van der Waals surface area contributed by atoms with Gasteiger partial charge in [0.05, 0.1) is 22.5 Å². The van der Waals surface area contributed by atoms with Crippen molar-refractivity contribution >= 4 is 29.1 Å². The molecule has 2 aromatic carbocycles. The first-order chi connectivity index (χ1) is 12.6. The second-order valence-corrected chi connectivity index (χ2v) is 7.39.